The van der Waals surface area contributed by atoms with E-state index in [1.807, 2.05) is 59.3 Å². The Labute approximate surface area is 172 Å². The quantitative estimate of drug-likeness (QED) is 0.344. The number of rotatable bonds is 8. The van der Waals surface area contributed by atoms with Gasteiger partial charge in [-0.05, 0) is 34.4 Å². The zero-order valence-corrected chi connectivity index (χ0v) is 17.2. The van der Waals surface area contributed by atoms with E-state index in [0.29, 0.717) is 18.4 Å². The van der Waals surface area contributed by atoms with Gasteiger partial charge in [0.25, 0.3) is 0 Å². The van der Waals surface area contributed by atoms with Gasteiger partial charge in [-0.25, -0.2) is 4.67 Å². The van der Waals surface area contributed by atoms with Crippen LogP contribution in [0, 0.1) is 0 Å². The Morgan fingerprint density at radius 3 is 1.79 bits per heavy atom. The molecule has 0 spiro atoms. The summed E-state index contributed by atoms with van der Waals surface area (Å²) in [5.74, 6) is 0. The van der Waals surface area contributed by atoms with Crippen LogP contribution in [0.1, 0.15) is 17.2 Å². The summed E-state index contributed by atoms with van der Waals surface area (Å²) >= 11 is 0. The van der Waals surface area contributed by atoms with Gasteiger partial charge in [-0.2, -0.15) is 0 Å². The van der Waals surface area contributed by atoms with E-state index < -0.39 is 13.6 Å². The predicted octanol–water partition coefficient (Wildman–Crippen LogP) is 5.97. The lowest BCUT2D eigenvalue weighted by Crippen LogP contribution is -2.29. The summed E-state index contributed by atoms with van der Waals surface area (Å²) in [5.41, 5.74) is 4.35. The van der Waals surface area contributed by atoms with Crippen LogP contribution in [-0.2, 0) is 9.09 Å². The fraction of sp³-hybridized carbons (Fsp3) is 0.120. The van der Waals surface area contributed by atoms with Crippen molar-refractivity contribution in [2.45, 2.75) is 6.10 Å². The number of hydrogen-bond donors (Lipinski definition) is 0. The van der Waals surface area contributed by atoms with E-state index in [9.17, 15) is 4.57 Å². The van der Waals surface area contributed by atoms with Gasteiger partial charge in [-0.1, -0.05) is 78.9 Å². The molecule has 3 aromatic rings. The Morgan fingerprint density at radius 1 is 0.793 bits per heavy atom. The van der Waals surface area contributed by atoms with Crippen molar-refractivity contribution in [3.63, 3.8) is 0 Å². The van der Waals surface area contributed by atoms with E-state index >= 15 is 0 Å². The van der Waals surface area contributed by atoms with Crippen molar-refractivity contribution in [1.29, 1.82) is 0 Å². The molecule has 146 valence electrons. The molecule has 0 N–H and O–H groups in total. The summed E-state index contributed by atoms with van der Waals surface area (Å²) in [6.45, 7) is 8.56. The zero-order chi connectivity index (χ0) is 20.3. The summed E-state index contributed by atoms with van der Waals surface area (Å²) in [5, 5.41) is 0.672. The molecule has 0 amide bonds. The topological polar surface area (TPSA) is 29.5 Å². The van der Waals surface area contributed by atoms with E-state index in [0.717, 1.165) is 22.3 Å². The lowest BCUT2D eigenvalue weighted by atomic mass is 10.1. The smallest absolute Gasteiger partial charge is 0.301 e. The van der Waals surface area contributed by atoms with Gasteiger partial charge in [0.2, 0.25) is 0 Å². The van der Waals surface area contributed by atoms with Gasteiger partial charge in [-0.3, -0.25) is 4.57 Å². The standard InChI is InChI=1S/C25H24NO2P/c1-3-18-26(19-4-2)29(27,20-12-6-5-7-13-20)28-25-23-16-10-8-14-21(23)22-15-9-11-17-24(22)25/h3-17,25H,1-2,18-19H2/t29-/m0/s1. The van der Waals surface area contributed by atoms with Crippen LogP contribution in [0.2, 0.25) is 0 Å². The van der Waals surface area contributed by atoms with Crippen LogP contribution in [-0.4, -0.2) is 17.8 Å². The first kappa shape index (κ1) is 19.6. The molecule has 29 heavy (non-hydrogen) atoms. The van der Waals surface area contributed by atoms with Crippen LogP contribution in [0.3, 0.4) is 0 Å². The molecule has 0 saturated carbocycles. The predicted molar refractivity (Wildman–Crippen MR) is 120 cm³/mol. The molecule has 0 aromatic heterocycles. The first-order valence-corrected chi connectivity index (χ1v) is 11.3. The van der Waals surface area contributed by atoms with E-state index in [2.05, 4.69) is 37.4 Å². The van der Waals surface area contributed by atoms with Crippen molar-refractivity contribution < 1.29 is 9.09 Å². The minimum atomic E-state index is -3.38. The van der Waals surface area contributed by atoms with E-state index in [1.54, 1.807) is 12.2 Å². The number of benzene rings is 3. The Bertz CT molecular complexity index is 1020. The van der Waals surface area contributed by atoms with Crippen molar-refractivity contribution in [3.8, 4) is 11.1 Å². The van der Waals surface area contributed by atoms with Crippen LogP contribution in [0.25, 0.3) is 11.1 Å². The van der Waals surface area contributed by atoms with Crippen LogP contribution >= 0.6 is 7.52 Å². The minimum absolute atomic E-state index is 0.398. The molecule has 3 aromatic carbocycles. The molecule has 4 rings (SSSR count). The average molecular weight is 401 g/mol. The van der Waals surface area contributed by atoms with Gasteiger partial charge in [0.05, 0.1) is 5.30 Å². The first-order valence-electron chi connectivity index (χ1n) is 9.68. The van der Waals surface area contributed by atoms with E-state index in [4.69, 9.17) is 4.52 Å². The molecular formula is C25H24NO2P. The number of nitrogens with zero attached hydrogens (tertiary/aromatic N) is 1. The van der Waals surface area contributed by atoms with Gasteiger partial charge in [0.1, 0.15) is 6.10 Å². The monoisotopic (exact) mass is 401 g/mol. The van der Waals surface area contributed by atoms with Crippen molar-refractivity contribution >= 4 is 12.8 Å². The number of hydrogen-bond acceptors (Lipinski definition) is 2. The van der Waals surface area contributed by atoms with Crippen molar-refractivity contribution in [3.05, 3.63) is 115 Å². The van der Waals surface area contributed by atoms with Crippen LogP contribution in [0.15, 0.2) is 104 Å². The fourth-order valence-electron chi connectivity index (χ4n) is 3.86. The molecule has 3 nitrogen and oxygen atoms in total. The zero-order valence-electron chi connectivity index (χ0n) is 16.3. The Balaban J connectivity index is 1.84. The summed E-state index contributed by atoms with van der Waals surface area (Å²) in [6, 6.07) is 25.8. The molecule has 0 saturated heterocycles. The second-order valence-electron chi connectivity index (χ2n) is 6.96. The van der Waals surface area contributed by atoms with Crippen molar-refractivity contribution in [2.75, 3.05) is 13.1 Å². The summed E-state index contributed by atoms with van der Waals surface area (Å²) in [4.78, 5) is 0. The third-order valence-corrected chi connectivity index (χ3v) is 7.68. The largest absolute Gasteiger partial charge is 0.303 e. The summed E-state index contributed by atoms with van der Waals surface area (Å²) < 4.78 is 22.9. The molecule has 0 heterocycles. The maximum Gasteiger partial charge on any atom is 0.303 e. The van der Waals surface area contributed by atoms with Crippen molar-refractivity contribution in [2.24, 2.45) is 0 Å². The Kier molecular flexibility index (Phi) is 5.64. The molecule has 0 radical (unpaired) electrons. The highest BCUT2D eigenvalue weighted by molar-refractivity contribution is 7.64. The second kappa shape index (κ2) is 8.34. The molecule has 1 atom stereocenters. The van der Waals surface area contributed by atoms with Gasteiger partial charge in [-0.15, -0.1) is 13.2 Å². The van der Waals surface area contributed by atoms with Crippen LogP contribution in [0.4, 0.5) is 0 Å². The molecule has 0 bridgehead atoms. The van der Waals surface area contributed by atoms with Crippen LogP contribution < -0.4 is 5.30 Å². The van der Waals surface area contributed by atoms with Gasteiger partial charge < -0.3 is 4.52 Å². The van der Waals surface area contributed by atoms with Gasteiger partial charge in [0.15, 0.2) is 0 Å². The molecular weight excluding hydrogens is 377 g/mol. The highest BCUT2D eigenvalue weighted by atomic mass is 31.2. The SMILES string of the molecule is C=CCN(CC=C)[P@@](=O)(OC1c2ccccc2-c2ccccc21)c1ccccc1. The molecule has 1 aliphatic rings. The highest BCUT2D eigenvalue weighted by Gasteiger charge is 2.40. The maximum absolute atomic E-state index is 14.5. The first-order chi connectivity index (χ1) is 14.2. The third kappa shape index (κ3) is 3.54. The number of fused-ring (bicyclic) bond motifs is 3. The summed E-state index contributed by atoms with van der Waals surface area (Å²) in [7, 11) is -3.38. The molecule has 0 aliphatic heterocycles. The highest BCUT2D eigenvalue weighted by Crippen LogP contribution is 2.58. The molecule has 0 fully saturated rings. The molecule has 0 unspecified atom stereocenters. The van der Waals surface area contributed by atoms with Crippen molar-refractivity contribution in [1.82, 2.24) is 4.67 Å². The average Bonchev–Trinajstić information content (AvgIpc) is 3.08. The molecule has 1 aliphatic carbocycles. The lowest BCUT2D eigenvalue weighted by Gasteiger charge is -2.32. The van der Waals surface area contributed by atoms with E-state index in [-0.39, 0.29) is 0 Å². The van der Waals surface area contributed by atoms with Gasteiger partial charge in [0, 0.05) is 13.1 Å². The fourth-order valence-corrected chi connectivity index (χ4v) is 6.16. The third-order valence-electron chi connectivity index (χ3n) is 5.16. The van der Waals surface area contributed by atoms with E-state index in [1.165, 1.54) is 0 Å². The van der Waals surface area contributed by atoms with Crippen LogP contribution in [0.5, 0.6) is 0 Å². The minimum Gasteiger partial charge on any atom is -0.301 e. The Hall–Kier alpha value is -2.71. The Morgan fingerprint density at radius 2 is 1.28 bits per heavy atom. The van der Waals surface area contributed by atoms with Gasteiger partial charge >= 0.3 is 7.52 Å². The maximum atomic E-state index is 14.5. The lowest BCUT2D eigenvalue weighted by molar-refractivity contribution is 0.228. The molecule has 4 heteroatoms. The summed E-state index contributed by atoms with van der Waals surface area (Å²) in [6.07, 6.45) is 3.10. The second-order valence-corrected chi connectivity index (χ2v) is 9.30. The normalized spacial score (nSPS) is 14.8.